The van der Waals surface area contributed by atoms with Gasteiger partial charge in [-0.3, -0.25) is 9.59 Å². The van der Waals surface area contributed by atoms with Crippen LogP contribution in [0.25, 0.3) is 0 Å². The van der Waals surface area contributed by atoms with Crippen molar-refractivity contribution >= 4 is 17.9 Å². The molecule has 2 atom stereocenters. The number of carbonyl (C=O) groups is 3. The first-order valence-electron chi connectivity index (χ1n) is 21.7. The van der Waals surface area contributed by atoms with Crippen LogP contribution in [0.1, 0.15) is 174 Å². The maximum absolute atomic E-state index is 12.7. The molecule has 0 aliphatic carbocycles. The fourth-order valence-corrected chi connectivity index (χ4v) is 6.10. The Morgan fingerprint density at radius 3 is 1.56 bits per heavy atom. The standard InChI is InChI=1S/C46H81NO7/c1-6-8-10-12-14-16-18-20-22-23-25-26-28-30-32-34-36-44(48)53-41-42(40-52-39-38-43(46(50)51)47(3,4)5)54-45(49)37-35-33-31-29-27-24-21-19-17-15-13-11-9-7-2/h9,11,15,17,21-24,42-43H,6-8,10,12-14,16,18-20,25-41H2,1-5H3/p+1/b11-9+,17-15+,23-22+,24-21+. The normalized spacial score (nSPS) is 13.4. The van der Waals surface area contributed by atoms with Crippen molar-refractivity contribution in [2.45, 2.75) is 187 Å². The molecule has 0 radical (unpaired) electrons. The minimum atomic E-state index is -0.881. The molecule has 8 nitrogen and oxygen atoms in total. The van der Waals surface area contributed by atoms with Crippen LogP contribution in [0.4, 0.5) is 0 Å². The SMILES string of the molecule is CC/C=C/C/C=C/C/C=C/CCCCCCC(=O)OC(COCCC(C(=O)O)[N+](C)(C)C)COC(=O)CCCCCCC/C=C/CCCCCCCCC. The molecule has 54 heavy (non-hydrogen) atoms. The van der Waals surface area contributed by atoms with Crippen molar-refractivity contribution in [3.8, 4) is 0 Å². The van der Waals surface area contributed by atoms with Crippen molar-refractivity contribution in [2.24, 2.45) is 0 Å². The van der Waals surface area contributed by atoms with Crippen molar-refractivity contribution < 1.29 is 38.2 Å². The maximum atomic E-state index is 12.7. The van der Waals surface area contributed by atoms with E-state index in [0.29, 0.717) is 19.3 Å². The zero-order valence-corrected chi connectivity index (χ0v) is 35.4. The number of ether oxygens (including phenoxy) is 3. The Balaban J connectivity index is 4.40. The monoisotopic (exact) mass is 761 g/mol. The summed E-state index contributed by atoms with van der Waals surface area (Å²) in [6.45, 7) is 4.58. The molecule has 312 valence electrons. The molecule has 0 saturated carbocycles. The second kappa shape index (κ2) is 37.2. The van der Waals surface area contributed by atoms with Crippen LogP contribution in [0.5, 0.6) is 0 Å². The van der Waals surface area contributed by atoms with E-state index < -0.39 is 18.1 Å². The van der Waals surface area contributed by atoms with Gasteiger partial charge in [0.15, 0.2) is 12.1 Å². The molecule has 0 spiro atoms. The van der Waals surface area contributed by atoms with E-state index in [4.69, 9.17) is 14.2 Å². The molecule has 0 heterocycles. The number of rotatable bonds is 38. The van der Waals surface area contributed by atoms with Crippen LogP contribution in [0, 0.1) is 0 Å². The number of aliphatic carboxylic acids is 1. The number of esters is 2. The predicted molar refractivity (Wildman–Crippen MR) is 224 cm³/mol. The van der Waals surface area contributed by atoms with Gasteiger partial charge < -0.3 is 23.8 Å². The molecule has 0 fully saturated rings. The summed E-state index contributed by atoms with van der Waals surface area (Å²) in [5.41, 5.74) is 0. The third kappa shape index (κ3) is 35.0. The van der Waals surface area contributed by atoms with Crippen LogP contribution in [-0.2, 0) is 28.6 Å². The maximum Gasteiger partial charge on any atom is 0.362 e. The highest BCUT2D eigenvalue weighted by atomic mass is 16.6. The Morgan fingerprint density at radius 1 is 0.574 bits per heavy atom. The molecule has 8 heteroatoms. The zero-order chi connectivity index (χ0) is 40.0. The number of allylic oxidation sites excluding steroid dienone is 8. The van der Waals surface area contributed by atoms with Gasteiger partial charge in [-0.15, -0.1) is 0 Å². The molecule has 0 aromatic carbocycles. The molecule has 0 aliphatic rings. The predicted octanol–water partition coefficient (Wildman–Crippen LogP) is 11.6. The average Bonchev–Trinajstić information content (AvgIpc) is 3.12. The van der Waals surface area contributed by atoms with E-state index in [2.05, 4.69) is 62.5 Å². The summed E-state index contributed by atoms with van der Waals surface area (Å²) < 4.78 is 17.2. The average molecular weight is 761 g/mol. The fourth-order valence-electron chi connectivity index (χ4n) is 6.10. The summed E-state index contributed by atoms with van der Waals surface area (Å²) in [6, 6.07) is -0.620. The molecule has 2 unspecified atom stereocenters. The Bertz CT molecular complexity index is 1030. The van der Waals surface area contributed by atoms with E-state index in [-0.39, 0.29) is 36.2 Å². The van der Waals surface area contributed by atoms with Crippen molar-refractivity contribution in [1.82, 2.24) is 0 Å². The van der Waals surface area contributed by atoms with Gasteiger partial charge in [-0.25, -0.2) is 4.79 Å². The smallest absolute Gasteiger partial charge is 0.362 e. The molecule has 0 aromatic heterocycles. The van der Waals surface area contributed by atoms with Crippen LogP contribution in [0.2, 0.25) is 0 Å². The summed E-state index contributed by atoms with van der Waals surface area (Å²) in [6.07, 6.45) is 42.9. The first kappa shape index (κ1) is 51.3. The fraction of sp³-hybridized carbons (Fsp3) is 0.761. The largest absolute Gasteiger partial charge is 0.477 e. The van der Waals surface area contributed by atoms with Gasteiger partial charge >= 0.3 is 17.9 Å². The Kier molecular flexibility index (Phi) is 35.4. The van der Waals surface area contributed by atoms with Gasteiger partial charge in [0.2, 0.25) is 0 Å². The number of carboxylic acids is 1. The van der Waals surface area contributed by atoms with E-state index >= 15 is 0 Å². The van der Waals surface area contributed by atoms with Crippen LogP contribution in [-0.4, -0.2) is 80.6 Å². The zero-order valence-electron chi connectivity index (χ0n) is 35.4. The van der Waals surface area contributed by atoms with Crippen LogP contribution >= 0.6 is 0 Å². The van der Waals surface area contributed by atoms with Gasteiger partial charge in [0.25, 0.3) is 0 Å². The second-order valence-electron chi connectivity index (χ2n) is 15.6. The highest BCUT2D eigenvalue weighted by molar-refractivity contribution is 5.72. The highest BCUT2D eigenvalue weighted by Gasteiger charge is 2.31. The van der Waals surface area contributed by atoms with Crippen LogP contribution in [0.15, 0.2) is 48.6 Å². The molecular weight excluding hydrogens is 679 g/mol. The van der Waals surface area contributed by atoms with Gasteiger partial charge in [-0.05, 0) is 70.6 Å². The van der Waals surface area contributed by atoms with Crippen molar-refractivity contribution in [2.75, 3.05) is 41.0 Å². The molecule has 0 aromatic rings. The third-order valence-electron chi connectivity index (χ3n) is 9.46. The molecule has 0 saturated heterocycles. The van der Waals surface area contributed by atoms with Crippen molar-refractivity contribution in [3.05, 3.63) is 48.6 Å². The molecule has 0 aliphatic heterocycles. The first-order chi connectivity index (χ1) is 26.1. The summed E-state index contributed by atoms with van der Waals surface area (Å²) in [4.78, 5) is 36.9. The summed E-state index contributed by atoms with van der Waals surface area (Å²) in [7, 11) is 5.51. The first-order valence-corrected chi connectivity index (χ1v) is 21.7. The lowest BCUT2D eigenvalue weighted by Crippen LogP contribution is -2.50. The third-order valence-corrected chi connectivity index (χ3v) is 9.46. The number of hydrogen-bond acceptors (Lipinski definition) is 6. The number of likely N-dealkylation sites (N-methyl/N-ethyl adjacent to an activating group) is 1. The van der Waals surface area contributed by atoms with Crippen LogP contribution in [0.3, 0.4) is 0 Å². The molecular formula is C46H82NO7+. The van der Waals surface area contributed by atoms with E-state index in [0.717, 1.165) is 83.5 Å². The lowest BCUT2D eigenvalue weighted by Gasteiger charge is -2.31. The molecule has 1 N–H and O–H groups in total. The van der Waals surface area contributed by atoms with E-state index in [1.807, 2.05) is 21.1 Å². The van der Waals surface area contributed by atoms with Crippen molar-refractivity contribution in [1.29, 1.82) is 0 Å². The van der Waals surface area contributed by atoms with Gasteiger partial charge in [-0.1, -0.05) is 133 Å². The van der Waals surface area contributed by atoms with Gasteiger partial charge in [0.05, 0.1) is 34.4 Å². The van der Waals surface area contributed by atoms with E-state index in [9.17, 15) is 19.5 Å². The summed E-state index contributed by atoms with van der Waals surface area (Å²) >= 11 is 0. The number of quaternary nitrogens is 1. The van der Waals surface area contributed by atoms with Gasteiger partial charge in [-0.2, -0.15) is 0 Å². The topological polar surface area (TPSA) is 99.1 Å². The Morgan fingerprint density at radius 2 is 1.04 bits per heavy atom. The number of nitrogens with zero attached hydrogens (tertiary/aromatic N) is 1. The Hall–Kier alpha value is -2.71. The minimum absolute atomic E-state index is 0.0486. The molecule has 0 bridgehead atoms. The summed E-state index contributed by atoms with van der Waals surface area (Å²) in [5, 5.41) is 9.61. The van der Waals surface area contributed by atoms with Crippen molar-refractivity contribution in [3.63, 3.8) is 0 Å². The van der Waals surface area contributed by atoms with Crippen LogP contribution < -0.4 is 0 Å². The number of hydrogen-bond donors (Lipinski definition) is 1. The van der Waals surface area contributed by atoms with Gasteiger partial charge in [0, 0.05) is 19.3 Å². The summed E-state index contributed by atoms with van der Waals surface area (Å²) in [5.74, 6) is -1.51. The van der Waals surface area contributed by atoms with E-state index in [1.54, 1.807) is 0 Å². The lowest BCUT2D eigenvalue weighted by molar-refractivity contribution is -0.887. The minimum Gasteiger partial charge on any atom is -0.477 e. The second-order valence-corrected chi connectivity index (χ2v) is 15.6. The molecule has 0 amide bonds. The number of carbonyl (C=O) groups excluding carboxylic acids is 2. The van der Waals surface area contributed by atoms with E-state index in [1.165, 1.54) is 57.8 Å². The van der Waals surface area contributed by atoms with Gasteiger partial charge in [0.1, 0.15) is 6.61 Å². The number of unbranched alkanes of at least 4 members (excludes halogenated alkanes) is 16. The lowest BCUT2D eigenvalue weighted by atomic mass is 10.1. The quantitative estimate of drug-likeness (QED) is 0.0289. The number of carboxylic acid groups (broad SMARTS) is 1. The molecule has 0 rings (SSSR count). The Labute approximate surface area is 331 Å². The highest BCUT2D eigenvalue weighted by Crippen LogP contribution is 2.13.